The van der Waals surface area contributed by atoms with Gasteiger partial charge in [0.05, 0.1) is 31.2 Å². The van der Waals surface area contributed by atoms with Crippen molar-refractivity contribution < 1.29 is 29.0 Å². The van der Waals surface area contributed by atoms with Crippen molar-refractivity contribution in [1.82, 2.24) is 20.0 Å². The van der Waals surface area contributed by atoms with Gasteiger partial charge in [-0.15, -0.1) is 0 Å². The SMILES string of the molecule is COc1cccc(OC)c1-c1cc(C(=O)NC2(C(=O)O)C3CC4CC(C3)CC2C4)nn1-c1ccc(C(=O)N(C)CCCN)cc1C(C)C. The van der Waals surface area contributed by atoms with Crippen molar-refractivity contribution in [1.29, 1.82) is 0 Å². The topological polar surface area (TPSA) is 149 Å². The number of nitrogens with two attached hydrogens (primary N) is 1. The van der Waals surface area contributed by atoms with Gasteiger partial charge in [-0.1, -0.05) is 19.9 Å². The molecule has 2 amide bonds. The third-order valence-electron chi connectivity index (χ3n) is 10.9. The molecule has 0 unspecified atom stereocenters. The summed E-state index contributed by atoms with van der Waals surface area (Å²) < 4.78 is 13.2. The fourth-order valence-electron chi connectivity index (χ4n) is 8.74. The monoisotopic (exact) mass is 657 g/mol. The van der Waals surface area contributed by atoms with Gasteiger partial charge >= 0.3 is 5.97 Å². The maximum absolute atomic E-state index is 14.2. The fourth-order valence-corrected chi connectivity index (χ4v) is 8.74. The third-order valence-corrected chi connectivity index (χ3v) is 10.9. The third kappa shape index (κ3) is 5.71. The van der Waals surface area contributed by atoms with Crippen LogP contribution in [-0.4, -0.2) is 77.5 Å². The lowest BCUT2D eigenvalue weighted by Gasteiger charge is -2.59. The van der Waals surface area contributed by atoms with Gasteiger partial charge in [-0.25, -0.2) is 9.48 Å². The van der Waals surface area contributed by atoms with Gasteiger partial charge in [-0.2, -0.15) is 5.10 Å². The first-order valence-corrected chi connectivity index (χ1v) is 17.0. The molecule has 2 aromatic carbocycles. The zero-order valence-electron chi connectivity index (χ0n) is 28.5. The van der Waals surface area contributed by atoms with Crippen LogP contribution in [0, 0.1) is 23.7 Å². The van der Waals surface area contributed by atoms with E-state index in [9.17, 15) is 19.5 Å². The highest BCUT2D eigenvalue weighted by Crippen LogP contribution is 2.58. The molecule has 1 heterocycles. The highest BCUT2D eigenvalue weighted by Gasteiger charge is 2.62. The predicted molar refractivity (Wildman–Crippen MR) is 182 cm³/mol. The second-order valence-corrected chi connectivity index (χ2v) is 14.1. The molecular weight excluding hydrogens is 610 g/mol. The molecule has 7 rings (SSSR count). The normalized spacial score (nSPS) is 24.1. The van der Waals surface area contributed by atoms with Crippen molar-refractivity contribution >= 4 is 17.8 Å². The smallest absolute Gasteiger partial charge is 0.330 e. The Kier molecular flexibility index (Phi) is 9.26. The molecule has 4 aliphatic carbocycles. The number of ether oxygens (including phenoxy) is 2. The molecule has 4 N–H and O–H groups in total. The summed E-state index contributed by atoms with van der Waals surface area (Å²) in [5.41, 5.74) is 7.62. The number of benzene rings is 2. The number of carbonyl (C=O) groups excluding carboxylic acids is 2. The van der Waals surface area contributed by atoms with E-state index < -0.39 is 17.4 Å². The average Bonchev–Trinajstić information content (AvgIpc) is 3.52. The number of nitrogens with zero attached hydrogens (tertiary/aromatic N) is 3. The maximum Gasteiger partial charge on any atom is 0.330 e. The van der Waals surface area contributed by atoms with Crippen molar-refractivity contribution in [2.45, 2.75) is 63.8 Å². The van der Waals surface area contributed by atoms with E-state index in [-0.39, 0.29) is 29.4 Å². The standard InChI is InChI=1S/C37H47N5O6/c1-21(2)27-19-24(35(44)41(3)13-7-12-38)10-11-29(27)42-30(33-31(47-4)8-6-9-32(33)48-5)20-28(40-42)34(43)39-37(36(45)46)25-15-22-14-23(17-25)18-26(37)16-22/h6,8-11,19-23,25-26H,7,12-18,38H2,1-5H3,(H,39,43)(H,45,46). The van der Waals surface area contributed by atoms with E-state index in [1.807, 2.05) is 44.2 Å². The Bertz CT molecular complexity index is 1660. The van der Waals surface area contributed by atoms with Crippen LogP contribution in [0.25, 0.3) is 16.9 Å². The number of hydrogen-bond donors (Lipinski definition) is 3. The van der Waals surface area contributed by atoms with Crippen LogP contribution in [0.4, 0.5) is 0 Å². The van der Waals surface area contributed by atoms with Gasteiger partial charge < -0.3 is 30.5 Å². The van der Waals surface area contributed by atoms with E-state index in [2.05, 4.69) is 5.32 Å². The zero-order chi connectivity index (χ0) is 34.3. The lowest BCUT2D eigenvalue weighted by atomic mass is 9.48. The number of aromatic nitrogens is 2. The van der Waals surface area contributed by atoms with E-state index in [0.717, 1.165) is 37.7 Å². The molecule has 4 fully saturated rings. The minimum absolute atomic E-state index is 0.0145. The summed E-state index contributed by atoms with van der Waals surface area (Å²) in [7, 11) is 4.90. The number of carboxylic acid groups (broad SMARTS) is 1. The van der Waals surface area contributed by atoms with E-state index in [0.29, 0.717) is 65.4 Å². The van der Waals surface area contributed by atoms with Gasteiger partial charge in [0.15, 0.2) is 5.69 Å². The number of methoxy groups -OCH3 is 2. The highest BCUT2D eigenvalue weighted by molar-refractivity contribution is 5.98. The second kappa shape index (κ2) is 13.3. The first-order chi connectivity index (χ1) is 23.0. The summed E-state index contributed by atoms with van der Waals surface area (Å²) >= 11 is 0. The Morgan fingerprint density at radius 1 is 1.02 bits per heavy atom. The predicted octanol–water partition coefficient (Wildman–Crippen LogP) is 5.11. The van der Waals surface area contributed by atoms with Crippen LogP contribution in [0.2, 0.25) is 0 Å². The summed E-state index contributed by atoms with van der Waals surface area (Å²) in [6, 6.07) is 12.6. The van der Waals surface area contributed by atoms with Crippen LogP contribution < -0.4 is 20.5 Å². The Morgan fingerprint density at radius 2 is 1.65 bits per heavy atom. The summed E-state index contributed by atoms with van der Waals surface area (Å²) in [6.45, 7) is 5.11. The Hall–Kier alpha value is -4.38. The van der Waals surface area contributed by atoms with Crippen LogP contribution in [0.3, 0.4) is 0 Å². The zero-order valence-corrected chi connectivity index (χ0v) is 28.5. The molecule has 0 radical (unpaired) electrons. The molecule has 4 bridgehead atoms. The molecule has 11 nitrogen and oxygen atoms in total. The summed E-state index contributed by atoms with van der Waals surface area (Å²) in [5.74, 6) is 0.273. The van der Waals surface area contributed by atoms with Crippen molar-refractivity contribution in [3.8, 4) is 28.4 Å². The first-order valence-electron chi connectivity index (χ1n) is 17.0. The van der Waals surface area contributed by atoms with Gasteiger partial charge in [0.25, 0.3) is 11.8 Å². The van der Waals surface area contributed by atoms with Gasteiger partial charge in [0.2, 0.25) is 0 Å². The Balaban J connectivity index is 1.46. The van der Waals surface area contributed by atoms with Crippen molar-refractivity contribution in [2.24, 2.45) is 29.4 Å². The summed E-state index contributed by atoms with van der Waals surface area (Å²) in [6.07, 6.45) is 5.15. The van der Waals surface area contributed by atoms with E-state index in [4.69, 9.17) is 20.3 Å². The number of amides is 2. The minimum Gasteiger partial charge on any atom is -0.496 e. The fraction of sp³-hybridized carbons (Fsp3) is 0.514. The first kappa shape index (κ1) is 33.5. The van der Waals surface area contributed by atoms with Crippen LogP contribution in [0.5, 0.6) is 11.5 Å². The molecule has 1 aromatic heterocycles. The van der Waals surface area contributed by atoms with E-state index >= 15 is 0 Å². The van der Waals surface area contributed by atoms with Gasteiger partial charge in [-0.3, -0.25) is 9.59 Å². The molecule has 48 heavy (non-hydrogen) atoms. The van der Waals surface area contributed by atoms with Gasteiger partial charge in [0, 0.05) is 19.2 Å². The molecule has 4 saturated carbocycles. The quantitative estimate of drug-likeness (QED) is 0.243. The van der Waals surface area contributed by atoms with Crippen LogP contribution >= 0.6 is 0 Å². The molecule has 0 spiro atoms. The number of aliphatic carboxylic acids is 1. The van der Waals surface area contributed by atoms with Crippen molar-refractivity contribution in [3.63, 3.8) is 0 Å². The minimum atomic E-state index is -1.32. The van der Waals surface area contributed by atoms with Crippen molar-refractivity contribution in [3.05, 3.63) is 59.3 Å². The lowest BCUT2D eigenvalue weighted by molar-refractivity contribution is -0.163. The summed E-state index contributed by atoms with van der Waals surface area (Å²) in [4.78, 5) is 42.3. The maximum atomic E-state index is 14.2. The average molecular weight is 658 g/mol. The highest BCUT2D eigenvalue weighted by atomic mass is 16.5. The number of carboxylic acids is 1. The molecular formula is C37H47N5O6. The lowest BCUT2D eigenvalue weighted by Crippen LogP contribution is -2.70. The molecule has 0 atom stereocenters. The van der Waals surface area contributed by atoms with E-state index in [1.54, 1.807) is 43.0 Å². The number of carbonyl (C=O) groups is 3. The molecule has 11 heteroatoms. The van der Waals surface area contributed by atoms with Crippen LogP contribution in [0.1, 0.15) is 84.7 Å². The second-order valence-electron chi connectivity index (χ2n) is 14.1. The van der Waals surface area contributed by atoms with Crippen LogP contribution in [0.15, 0.2) is 42.5 Å². The molecule has 0 saturated heterocycles. The number of nitrogens with one attached hydrogen (secondary N) is 1. The Morgan fingerprint density at radius 3 is 2.19 bits per heavy atom. The summed E-state index contributed by atoms with van der Waals surface area (Å²) in [5, 5.41) is 18.6. The Labute approximate surface area is 281 Å². The van der Waals surface area contributed by atoms with Crippen LogP contribution in [-0.2, 0) is 4.79 Å². The van der Waals surface area contributed by atoms with E-state index in [1.165, 1.54) is 0 Å². The molecule has 4 aliphatic rings. The molecule has 3 aromatic rings. The molecule has 0 aliphatic heterocycles. The molecule has 256 valence electrons. The van der Waals surface area contributed by atoms with Gasteiger partial charge in [0.1, 0.15) is 17.0 Å². The number of rotatable bonds is 12. The van der Waals surface area contributed by atoms with Crippen molar-refractivity contribution in [2.75, 3.05) is 34.4 Å². The largest absolute Gasteiger partial charge is 0.496 e. The van der Waals surface area contributed by atoms with Gasteiger partial charge in [-0.05, 0) is 117 Å². The number of hydrogen-bond acceptors (Lipinski definition) is 7.